The number of benzene rings is 1. The highest BCUT2D eigenvalue weighted by Crippen LogP contribution is 2.24. The molecule has 1 fully saturated rings. The van der Waals surface area contributed by atoms with E-state index in [0.717, 1.165) is 35.7 Å². The van der Waals surface area contributed by atoms with Gasteiger partial charge in [0.25, 0.3) is 0 Å². The number of halogens is 1. The molecule has 1 unspecified atom stereocenters. The van der Waals surface area contributed by atoms with E-state index in [4.69, 9.17) is 11.6 Å². The van der Waals surface area contributed by atoms with Crippen molar-refractivity contribution < 1.29 is 4.79 Å². The zero-order chi connectivity index (χ0) is 13.7. The smallest absolute Gasteiger partial charge is 0.233 e. The van der Waals surface area contributed by atoms with E-state index in [1.807, 2.05) is 24.3 Å². The molecule has 0 spiro atoms. The van der Waals surface area contributed by atoms with Crippen molar-refractivity contribution in [3.05, 3.63) is 29.3 Å². The molecule has 0 bridgehead atoms. The third-order valence-electron chi connectivity index (χ3n) is 3.59. The lowest BCUT2D eigenvalue weighted by atomic mass is 10.0. The molecular weight excluding hydrogens is 278 g/mol. The van der Waals surface area contributed by atoms with Crippen LogP contribution in [0.25, 0.3) is 0 Å². The van der Waals surface area contributed by atoms with Crippen molar-refractivity contribution in [3.63, 3.8) is 0 Å². The molecule has 0 aromatic heterocycles. The molecule has 1 aliphatic heterocycles. The van der Waals surface area contributed by atoms with Gasteiger partial charge < -0.3 is 4.90 Å². The number of piperidine rings is 1. The van der Waals surface area contributed by atoms with Gasteiger partial charge in [0.1, 0.15) is 0 Å². The van der Waals surface area contributed by atoms with Crippen LogP contribution in [-0.2, 0) is 4.79 Å². The van der Waals surface area contributed by atoms with E-state index in [9.17, 15) is 4.79 Å². The minimum atomic E-state index is 0.270. The predicted octanol–water partition coefficient (Wildman–Crippen LogP) is 4.22. The first-order chi connectivity index (χ1) is 9.20. The first kappa shape index (κ1) is 14.7. The monoisotopic (exact) mass is 297 g/mol. The van der Waals surface area contributed by atoms with Crippen molar-refractivity contribution >= 4 is 29.3 Å². The summed E-state index contributed by atoms with van der Waals surface area (Å²) in [5, 5.41) is 0.734. The third kappa shape index (κ3) is 4.15. The Hall–Kier alpha value is -0.670. The Labute approximate surface area is 124 Å². The van der Waals surface area contributed by atoms with Crippen molar-refractivity contribution in [2.75, 3.05) is 12.3 Å². The van der Waals surface area contributed by atoms with E-state index in [1.54, 1.807) is 11.8 Å². The largest absolute Gasteiger partial charge is 0.339 e. The van der Waals surface area contributed by atoms with Gasteiger partial charge in [-0.2, -0.15) is 0 Å². The van der Waals surface area contributed by atoms with E-state index >= 15 is 0 Å². The average molecular weight is 298 g/mol. The molecular formula is C15H20ClNOS. The SMILES string of the molecule is CCC1CCCCN1C(=O)CSc1ccc(Cl)cc1. The minimum absolute atomic E-state index is 0.270. The second-order valence-corrected chi connectivity index (χ2v) is 6.37. The number of hydrogen-bond acceptors (Lipinski definition) is 2. The van der Waals surface area contributed by atoms with Crippen LogP contribution in [0, 0.1) is 0 Å². The molecule has 104 valence electrons. The van der Waals surface area contributed by atoms with Gasteiger partial charge in [-0.05, 0) is 49.9 Å². The Bertz CT molecular complexity index is 421. The zero-order valence-electron chi connectivity index (χ0n) is 11.3. The van der Waals surface area contributed by atoms with Crippen molar-refractivity contribution in [2.45, 2.75) is 43.5 Å². The number of nitrogens with zero attached hydrogens (tertiary/aromatic N) is 1. The highest BCUT2D eigenvalue weighted by atomic mass is 35.5. The lowest BCUT2D eigenvalue weighted by Crippen LogP contribution is -2.44. The molecule has 0 saturated carbocycles. The van der Waals surface area contributed by atoms with Gasteiger partial charge in [0, 0.05) is 22.5 Å². The van der Waals surface area contributed by atoms with Gasteiger partial charge in [0.05, 0.1) is 5.75 Å². The Morgan fingerprint density at radius 1 is 1.37 bits per heavy atom. The molecule has 1 aromatic carbocycles. The average Bonchev–Trinajstić information content (AvgIpc) is 2.46. The maximum Gasteiger partial charge on any atom is 0.233 e. The Balaban J connectivity index is 1.87. The molecule has 4 heteroatoms. The lowest BCUT2D eigenvalue weighted by Gasteiger charge is -2.35. The van der Waals surface area contributed by atoms with E-state index in [-0.39, 0.29) is 5.91 Å². The summed E-state index contributed by atoms with van der Waals surface area (Å²) in [6, 6.07) is 8.11. The molecule has 1 aliphatic rings. The molecule has 1 heterocycles. The van der Waals surface area contributed by atoms with E-state index in [0.29, 0.717) is 11.8 Å². The van der Waals surface area contributed by atoms with Gasteiger partial charge in [-0.1, -0.05) is 18.5 Å². The molecule has 1 saturated heterocycles. The van der Waals surface area contributed by atoms with Crippen LogP contribution in [-0.4, -0.2) is 29.1 Å². The summed E-state index contributed by atoms with van der Waals surface area (Å²) in [6.45, 7) is 3.10. The molecule has 2 nitrogen and oxygen atoms in total. The highest BCUT2D eigenvalue weighted by molar-refractivity contribution is 8.00. The normalized spacial score (nSPS) is 19.5. The Morgan fingerprint density at radius 3 is 2.79 bits per heavy atom. The number of thioether (sulfide) groups is 1. The maximum atomic E-state index is 12.3. The molecule has 1 atom stereocenters. The molecule has 0 aliphatic carbocycles. The third-order valence-corrected chi connectivity index (χ3v) is 4.84. The van der Waals surface area contributed by atoms with Crippen LogP contribution >= 0.6 is 23.4 Å². The van der Waals surface area contributed by atoms with Crippen molar-refractivity contribution in [1.82, 2.24) is 4.90 Å². The molecule has 2 rings (SSSR count). The van der Waals surface area contributed by atoms with Crippen LogP contribution < -0.4 is 0 Å². The first-order valence-corrected chi connectivity index (χ1v) is 8.25. The number of carbonyl (C=O) groups is 1. The minimum Gasteiger partial charge on any atom is -0.339 e. The van der Waals surface area contributed by atoms with E-state index in [1.165, 1.54) is 6.42 Å². The van der Waals surface area contributed by atoms with Crippen molar-refractivity contribution in [1.29, 1.82) is 0 Å². The standard InChI is InChI=1S/C15H20ClNOS/c1-2-13-5-3-4-10-17(13)15(18)11-19-14-8-6-12(16)7-9-14/h6-9,13H,2-5,10-11H2,1H3. The Morgan fingerprint density at radius 2 is 2.11 bits per heavy atom. The molecule has 1 amide bonds. The van der Waals surface area contributed by atoms with E-state index in [2.05, 4.69) is 11.8 Å². The molecule has 0 radical (unpaired) electrons. The van der Waals surface area contributed by atoms with Crippen molar-refractivity contribution in [2.24, 2.45) is 0 Å². The number of amides is 1. The first-order valence-electron chi connectivity index (χ1n) is 6.88. The second-order valence-electron chi connectivity index (χ2n) is 4.89. The summed E-state index contributed by atoms with van der Waals surface area (Å²) in [4.78, 5) is 15.5. The number of rotatable bonds is 4. The van der Waals surface area contributed by atoms with Gasteiger partial charge in [-0.3, -0.25) is 4.79 Å². The predicted molar refractivity (Wildman–Crippen MR) is 81.8 cm³/mol. The highest BCUT2D eigenvalue weighted by Gasteiger charge is 2.24. The Kier molecular flexibility index (Phi) is 5.59. The second kappa shape index (κ2) is 7.20. The van der Waals surface area contributed by atoms with Gasteiger partial charge >= 0.3 is 0 Å². The van der Waals surface area contributed by atoms with Gasteiger partial charge in [-0.15, -0.1) is 11.8 Å². The summed E-state index contributed by atoms with van der Waals surface area (Å²) in [7, 11) is 0. The van der Waals surface area contributed by atoms with Crippen molar-refractivity contribution in [3.8, 4) is 0 Å². The van der Waals surface area contributed by atoms with Crippen LogP contribution in [0.1, 0.15) is 32.6 Å². The molecule has 0 N–H and O–H groups in total. The maximum absolute atomic E-state index is 12.3. The van der Waals surface area contributed by atoms with Crippen LogP contribution in [0.15, 0.2) is 29.2 Å². The molecule has 1 aromatic rings. The topological polar surface area (TPSA) is 20.3 Å². The van der Waals surface area contributed by atoms with Crippen LogP contribution in [0.2, 0.25) is 5.02 Å². The van der Waals surface area contributed by atoms with Gasteiger partial charge in [-0.25, -0.2) is 0 Å². The fourth-order valence-corrected chi connectivity index (χ4v) is 3.42. The van der Waals surface area contributed by atoms with E-state index < -0.39 is 0 Å². The summed E-state index contributed by atoms with van der Waals surface area (Å²) in [5.74, 6) is 0.796. The van der Waals surface area contributed by atoms with Crippen LogP contribution in [0.4, 0.5) is 0 Å². The van der Waals surface area contributed by atoms with Gasteiger partial charge in [0.15, 0.2) is 0 Å². The summed E-state index contributed by atoms with van der Waals surface area (Å²) < 4.78 is 0. The van der Waals surface area contributed by atoms with Gasteiger partial charge in [0.2, 0.25) is 5.91 Å². The van der Waals surface area contributed by atoms with Crippen LogP contribution in [0.5, 0.6) is 0 Å². The fourth-order valence-electron chi connectivity index (χ4n) is 2.51. The lowest BCUT2D eigenvalue weighted by molar-refractivity contribution is -0.132. The van der Waals surface area contributed by atoms with Crippen LogP contribution in [0.3, 0.4) is 0 Å². The number of carbonyl (C=O) groups excluding carboxylic acids is 1. The quantitative estimate of drug-likeness (QED) is 0.775. The summed E-state index contributed by atoms with van der Waals surface area (Å²) in [5.41, 5.74) is 0. The zero-order valence-corrected chi connectivity index (χ0v) is 12.8. The fraction of sp³-hybridized carbons (Fsp3) is 0.533. The number of hydrogen-bond donors (Lipinski definition) is 0. The summed E-state index contributed by atoms with van der Waals surface area (Å²) in [6.07, 6.45) is 4.63. The number of likely N-dealkylation sites (tertiary alicyclic amines) is 1. The summed E-state index contributed by atoms with van der Waals surface area (Å²) >= 11 is 7.44. The molecule has 19 heavy (non-hydrogen) atoms.